The van der Waals surface area contributed by atoms with Crippen LogP contribution in [0.5, 0.6) is 11.5 Å². The Balaban J connectivity index is 1.03. The third-order valence-electron chi connectivity index (χ3n) is 8.18. The Labute approximate surface area is 257 Å². The van der Waals surface area contributed by atoms with E-state index in [0.717, 1.165) is 73.8 Å². The molecule has 2 atom stereocenters. The predicted octanol–water partition coefficient (Wildman–Crippen LogP) is 3.68. The van der Waals surface area contributed by atoms with Gasteiger partial charge in [0, 0.05) is 50.3 Å². The van der Waals surface area contributed by atoms with Crippen molar-refractivity contribution in [2.75, 3.05) is 56.6 Å². The van der Waals surface area contributed by atoms with Gasteiger partial charge in [-0.1, -0.05) is 12.1 Å². The number of carboxylic acid groups (broad SMARTS) is 1. The van der Waals surface area contributed by atoms with E-state index >= 15 is 0 Å². The van der Waals surface area contributed by atoms with E-state index in [1.54, 1.807) is 0 Å². The van der Waals surface area contributed by atoms with Gasteiger partial charge in [0.25, 0.3) is 0 Å². The van der Waals surface area contributed by atoms with Crippen LogP contribution in [0.2, 0.25) is 0 Å². The van der Waals surface area contributed by atoms with Crippen molar-refractivity contribution < 1.29 is 42.0 Å². The Morgan fingerprint density at radius 1 is 1.04 bits per heavy atom. The van der Waals surface area contributed by atoms with E-state index in [9.17, 15) is 18.0 Å². The summed E-state index contributed by atoms with van der Waals surface area (Å²) in [6, 6.07) is 11.4. The zero-order valence-corrected chi connectivity index (χ0v) is 24.5. The Kier molecular flexibility index (Phi) is 8.97. The van der Waals surface area contributed by atoms with Gasteiger partial charge in [0.05, 0.1) is 25.0 Å². The number of halogens is 3. The van der Waals surface area contributed by atoms with Crippen molar-refractivity contribution in [1.82, 2.24) is 14.9 Å². The van der Waals surface area contributed by atoms with Gasteiger partial charge in [0.1, 0.15) is 23.9 Å². The molecule has 2 aromatic carbocycles. The smallest absolute Gasteiger partial charge is 0.489 e. The molecule has 14 heteroatoms. The largest absolute Gasteiger partial charge is 0.573 e. The molecule has 3 aliphatic rings. The molecule has 2 fully saturated rings. The summed E-state index contributed by atoms with van der Waals surface area (Å²) in [5, 5.41) is 8.89. The molecule has 0 saturated carbocycles. The molecule has 3 aromatic rings. The van der Waals surface area contributed by atoms with Crippen LogP contribution in [0.15, 0.2) is 42.5 Å². The molecule has 0 unspecified atom stereocenters. The summed E-state index contributed by atoms with van der Waals surface area (Å²) < 4.78 is 58.1. The number of hydrogen-bond acceptors (Lipinski definition) is 10. The number of hydrogen-bond donors (Lipinski definition) is 2. The zero-order valence-electron chi connectivity index (χ0n) is 24.5. The molecule has 1 aromatic heterocycles. The number of carbonyl (C=O) groups is 1. The van der Waals surface area contributed by atoms with E-state index in [1.807, 2.05) is 18.2 Å². The number of alkyl halides is 3. The van der Waals surface area contributed by atoms with Crippen LogP contribution in [-0.4, -0.2) is 90.5 Å². The Hall–Kier alpha value is -4.14. The SMILES string of the molecule is Nc1nc2c(c(N3CCN(CCOC[C@H]4C[C@H](C(=O)O)O4)CC3)n1)CCc1cc(OCc3ccc(OC(F)(F)F)cc3)ccc1-2. The van der Waals surface area contributed by atoms with E-state index in [1.165, 1.54) is 24.3 Å². The van der Waals surface area contributed by atoms with E-state index in [0.29, 0.717) is 30.9 Å². The quantitative estimate of drug-likeness (QED) is 0.301. The van der Waals surface area contributed by atoms with E-state index in [4.69, 9.17) is 25.1 Å². The van der Waals surface area contributed by atoms with Gasteiger partial charge in [-0.05, 0) is 54.3 Å². The van der Waals surface area contributed by atoms with Crippen LogP contribution >= 0.6 is 0 Å². The number of carboxylic acids is 1. The van der Waals surface area contributed by atoms with Crippen LogP contribution in [0.4, 0.5) is 24.9 Å². The molecule has 0 spiro atoms. The third kappa shape index (κ3) is 7.57. The number of ether oxygens (including phenoxy) is 4. The van der Waals surface area contributed by atoms with Crippen molar-refractivity contribution in [2.24, 2.45) is 0 Å². The lowest BCUT2D eigenvalue weighted by atomic mass is 9.88. The summed E-state index contributed by atoms with van der Waals surface area (Å²) in [4.78, 5) is 24.7. The lowest BCUT2D eigenvalue weighted by Gasteiger charge is -2.37. The Bertz CT molecular complexity index is 1510. The molecule has 2 saturated heterocycles. The van der Waals surface area contributed by atoms with Crippen molar-refractivity contribution in [3.8, 4) is 22.8 Å². The number of rotatable bonds is 11. The molecule has 6 rings (SSSR count). The van der Waals surface area contributed by atoms with Gasteiger partial charge in [-0.2, -0.15) is 4.98 Å². The van der Waals surface area contributed by atoms with Crippen LogP contribution in [0.1, 0.15) is 23.1 Å². The molecule has 45 heavy (non-hydrogen) atoms. The number of aromatic nitrogens is 2. The summed E-state index contributed by atoms with van der Waals surface area (Å²) in [5.74, 6) is 0.535. The number of fused-ring (bicyclic) bond motifs is 3. The summed E-state index contributed by atoms with van der Waals surface area (Å²) in [6.07, 6.45) is -3.56. The van der Waals surface area contributed by atoms with E-state index < -0.39 is 18.4 Å². The van der Waals surface area contributed by atoms with Gasteiger partial charge in [-0.25, -0.2) is 9.78 Å². The normalized spacial score (nSPS) is 19.8. The molecular weight excluding hydrogens is 595 g/mol. The number of nitrogens with two attached hydrogens (primary N) is 1. The topological polar surface area (TPSA) is 132 Å². The van der Waals surface area contributed by atoms with E-state index in [-0.39, 0.29) is 24.4 Å². The Morgan fingerprint density at radius 3 is 2.49 bits per heavy atom. The van der Waals surface area contributed by atoms with Gasteiger partial charge in [-0.3, -0.25) is 4.90 Å². The molecule has 3 heterocycles. The summed E-state index contributed by atoms with van der Waals surface area (Å²) in [6.45, 7) is 5.21. The highest BCUT2D eigenvalue weighted by molar-refractivity contribution is 5.76. The second-order valence-electron chi connectivity index (χ2n) is 11.3. The maximum Gasteiger partial charge on any atom is 0.573 e. The van der Waals surface area contributed by atoms with Crippen LogP contribution < -0.4 is 20.1 Å². The fourth-order valence-electron chi connectivity index (χ4n) is 5.83. The molecule has 0 amide bonds. The third-order valence-corrected chi connectivity index (χ3v) is 8.18. The maximum atomic E-state index is 12.4. The molecule has 11 nitrogen and oxygen atoms in total. The van der Waals surface area contributed by atoms with Crippen LogP contribution in [-0.2, 0) is 33.7 Å². The summed E-state index contributed by atoms with van der Waals surface area (Å²) in [7, 11) is 0. The number of piperazine rings is 1. The first-order valence-corrected chi connectivity index (χ1v) is 14.8. The highest BCUT2D eigenvalue weighted by Crippen LogP contribution is 2.38. The summed E-state index contributed by atoms with van der Waals surface area (Å²) >= 11 is 0. The number of aryl methyl sites for hydroxylation is 1. The highest BCUT2D eigenvalue weighted by atomic mass is 19.4. The van der Waals surface area contributed by atoms with Crippen LogP contribution in [0, 0.1) is 0 Å². The maximum absolute atomic E-state index is 12.4. The van der Waals surface area contributed by atoms with Gasteiger partial charge < -0.3 is 34.7 Å². The first-order valence-electron chi connectivity index (χ1n) is 14.8. The second kappa shape index (κ2) is 13.1. The fraction of sp³-hybridized carbons (Fsp3) is 0.452. The standard InChI is InChI=1S/C31H34F3N5O6/c32-31(33,34)45-21-4-1-19(2-5-21)17-43-22-6-8-24-20(15-22)3-7-25-27(24)36-30(35)37-28(25)39-11-9-38(10-12-39)13-14-42-18-23-16-26(44-23)29(40)41/h1-2,4-6,8,15,23,26H,3,7,9-14,16-18H2,(H,40,41)(H2,35,36,37)/t23-,26-/m1/s1. The minimum atomic E-state index is -4.73. The Morgan fingerprint density at radius 2 is 1.78 bits per heavy atom. The number of nitrogens with zero attached hydrogens (tertiary/aromatic N) is 4. The second-order valence-corrected chi connectivity index (χ2v) is 11.3. The van der Waals surface area contributed by atoms with Crippen molar-refractivity contribution in [3.05, 3.63) is 59.2 Å². The van der Waals surface area contributed by atoms with Crippen LogP contribution in [0.25, 0.3) is 11.3 Å². The average Bonchev–Trinajstić information content (AvgIpc) is 2.98. The molecule has 0 radical (unpaired) electrons. The molecule has 1 aliphatic carbocycles. The highest BCUT2D eigenvalue weighted by Gasteiger charge is 2.35. The molecule has 240 valence electrons. The van der Waals surface area contributed by atoms with Crippen molar-refractivity contribution in [2.45, 2.75) is 44.4 Å². The number of aliphatic carboxylic acids is 1. The first-order chi connectivity index (χ1) is 21.6. The van der Waals surface area contributed by atoms with Gasteiger partial charge >= 0.3 is 12.3 Å². The van der Waals surface area contributed by atoms with Gasteiger partial charge in [0.2, 0.25) is 5.95 Å². The zero-order chi connectivity index (χ0) is 31.6. The minimum absolute atomic E-state index is 0.141. The number of benzene rings is 2. The first kappa shape index (κ1) is 30.9. The van der Waals surface area contributed by atoms with E-state index in [2.05, 4.69) is 24.5 Å². The molecule has 0 bridgehead atoms. The number of anilines is 2. The minimum Gasteiger partial charge on any atom is -0.489 e. The number of nitrogen functional groups attached to an aromatic ring is 1. The predicted molar refractivity (Wildman–Crippen MR) is 157 cm³/mol. The monoisotopic (exact) mass is 629 g/mol. The van der Waals surface area contributed by atoms with Crippen molar-refractivity contribution in [1.29, 1.82) is 0 Å². The van der Waals surface area contributed by atoms with Crippen LogP contribution in [0.3, 0.4) is 0 Å². The lowest BCUT2D eigenvalue weighted by molar-refractivity contribution is -0.274. The molecule has 2 aliphatic heterocycles. The van der Waals surface area contributed by atoms with Gasteiger partial charge in [0.15, 0.2) is 6.10 Å². The summed E-state index contributed by atoms with van der Waals surface area (Å²) in [5.41, 5.74) is 10.9. The van der Waals surface area contributed by atoms with Crippen molar-refractivity contribution in [3.63, 3.8) is 0 Å². The lowest BCUT2D eigenvalue weighted by Crippen LogP contribution is -2.48. The molecular formula is C31H34F3N5O6. The van der Waals surface area contributed by atoms with Gasteiger partial charge in [-0.15, -0.1) is 13.2 Å². The molecule has 3 N–H and O–H groups in total. The van der Waals surface area contributed by atoms with Crippen molar-refractivity contribution >= 4 is 17.7 Å². The fourth-order valence-corrected chi connectivity index (χ4v) is 5.83. The average molecular weight is 630 g/mol.